The molecule has 0 saturated heterocycles. The smallest absolute Gasteiger partial charge is 0.274 e. The quantitative estimate of drug-likeness (QED) is 0.906. The molecular formula is C14H16N2O2S. The van der Waals surface area contributed by atoms with Crippen LogP contribution in [0.5, 0.6) is 5.75 Å². The lowest BCUT2D eigenvalue weighted by Crippen LogP contribution is -2.27. The van der Waals surface area contributed by atoms with E-state index in [2.05, 4.69) is 16.4 Å². The van der Waals surface area contributed by atoms with E-state index in [1.54, 1.807) is 17.4 Å². The van der Waals surface area contributed by atoms with E-state index in [4.69, 9.17) is 0 Å². The molecule has 0 radical (unpaired) electrons. The van der Waals surface area contributed by atoms with E-state index in [-0.39, 0.29) is 23.4 Å². The van der Waals surface area contributed by atoms with Crippen molar-refractivity contribution in [3.05, 3.63) is 45.4 Å². The highest BCUT2D eigenvalue weighted by molar-refractivity contribution is 7.12. The standard InChI is InChI=1S/C14H16N2O2S/c1-8-7-11(10(3)19-8)9(2)16-14(18)13-12(17)5-4-6-15-13/h4-7,9,17H,1-3H3,(H,16,18). The highest BCUT2D eigenvalue weighted by Gasteiger charge is 2.17. The molecule has 0 aliphatic rings. The summed E-state index contributed by atoms with van der Waals surface area (Å²) in [6, 6.07) is 5.00. The van der Waals surface area contributed by atoms with Gasteiger partial charge in [0.2, 0.25) is 0 Å². The molecule has 2 heterocycles. The monoisotopic (exact) mass is 276 g/mol. The van der Waals surface area contributed by atoms with E-state index in [1.807, 2.05) is 20.8 Å². The minimum atomic E-state index is -0.367. The van der Waals surface area contributed by atoms with Crippen molar-refractivity contribution in [1.82, 2.24) is 10.3 Å². The molecule has 2 aromatic heterocycles. The molecule has 0 bridgehead atoms. The van der Waals surface area contributed by atoms with Gasteiger partial charge in [-0.15, -0.1) is 11.3 Å². The molecule has 0 aliphatic heterocycles. The van der Waals surface area contributed by atoms with Gasteiger partial charge in [0.05, 0.1) is 6.04 Å². The number of carbonyl (C=O) groups is 1. The molecule has 19 heavy (non-hydrogen) atoms. The van der Waals surface area contributed by atoms with Crippen LogP contribution < -0.4 is 5.32 Å². The molecule has 4 nitrogen and oxygen atoms in total. The van der Waals surface area contributed by atoms with Crippen LogP contribution in [0.25, 0.3) is 0 Å². The number of aryl methyl sites for hydroxylation is 2. The zero-order valence-electron chi connectivity index (χ0n) is 11.1. The van der Waals surface area contributed by atoms with Gasteiger partial charge in [-0.1, -0.05) is 0 Å². The van der Waals surface area contributed by atoms with Gasteiger partial charge in [0.25, 0.3) is 5.91 Å². The summed E-state index contributed by atoms with van der Waals surface area (Å²) >= 11 is 1.71. The van der Waals surface area contributed by atoms with Gasteiger partial charge in [-0.3, -0.25) is 4.79 Å². The zero-order valence-corrected chi connectivity index (χ0v) is 11.9. The number of thiophene rings is 1. The SMILES string of the molecule is Cc1cc(C(C)NC(=O)c2ncccc2O)c(C)s1. The van der Waals surface area contributed by atoms with Gasteiger partial charge in [0, 0.05) is 16.0 Å². The number of aromatic nitrogens is 1. The van der Waals surface area contributed by atoms with Crippen molar-refractivity contribution < 1.29 is 9.90 Å². The first kappa shape index (κ1) is 13.5. The number of rotatable bonds is 3. The molecule has 0 spiro atoms. The van der Waals surface area contributed by atoms with Gasteiger partial charge in [0.1, 0.15) is 5.75 Å². The van der Waals surface area contributed by atoms with E-state index >= 15 is 0 Å². The Labute approximate surface area is 116 Å². The third kappa shape index (κ3) is 2.93. The predicted octanol–water partition coefficient (Wildman–Crippen LogP) is 2.96. The average Bonchev–Trinajstić information content (AvgIpc) is 2.69. The number of nitrogens with zero attached hydrogens (tertiary/aromatic N) is 1. The van der Waals surface area contributed by atoms with Gasteiger partial charge in [-0.25, -0.2) is 4.98 Å². The van der Waals surface area contributed by atoms with Crippen LogP contribution in [0, 0.1) is 13.8 Å². The molecule has 0 aliphatic carbocycles. The number of hydrogen-bond donors (Lipinski definition) is 2. The van der Waals surface area contributed by atoms with Gasteiger partial charge in [-0.05, 0) is 44.5 Å². The summed E-state index contributed by atoms with van der Waals surface area (Å²) in [5.74, 6) is -0.473. The Morgan fingerprint density at radius 3 is 2.79 bits per heavy atom. The fourth-order valence-corrected chi connectivity index (χ4v) is 3.02. The highest BCUT2D eigenvalue weighted by Crippen LogP contribution is 2.26. The lowest BCUT2D eigenvalue weighted by Gasteiger charge is -2.14. The molecule has 5 heteroatoms. The molecule has 0 fully saturated rings. The molecule has 2 rings (SSSR count). The van der Waals surface area contributed by atoms with Crippen LogP contribution in [-0.4, -0.2) is 16.0 Å². The Bertz CT molecular complexity index is 607. The first-order valence-corrected chi connectivity index (χ1v) is 6.82. The Kier molecular flexibility index (Phi) is 3.85. The maximum atomic E-state index is 12.0. The molecule has 100 valence electrons. The summed E-state index contributed by atoms with van der Waals surface area (Å²) in [4.78, 5) is 18.3. The van der Waals surface area contributed by atoms with Crippen molar-refractivity contribution in [3.8, 4) is 5.75 Å². The third-order valence-corrected chi connectivity index (χ3v) is 3.88. The summed E-state index contributed by atoms with van der Waals surface area (Å²) in [6.07, 6.45) is 1.49. The minimum absolute atomic E-state index is 0.0546. The van der Waals surface area contributed by atoms with Gasteiger partial charge in [-0.2, -0.15) is 0 Å². The highest BCUT2D eigenvalue weighted by atomic mass is 32.1. The van der Waals surface area contributed by atoms with Crippen LogP contribution in [0.4, 0.5) is 0 Å². The van der Waals surface area contributed by atoms with E-state index in [0.29, 0.717) is 0 Å². The normalized spacial score (nSPS) is 12.2. The van der Waals surface area contributed by atoms with E-state index in [0.717, 1.165) is 5.56 Å². The molecule has 0 aromatic carbocycles. The topological polar surface area (TPSA) is 62.2 Å². The molecule has 2 N–H and O–H groups in total. The maximum absolute atomic E-state index is 12.0. The second-order valence-electron chi connectivity index (χ2n) is 4.43. The van der Waals surface area contributed by atoms with Crippen molar-refractivity contribution in [2.24, 2.45) is 0 Å². The van der Waals surface area contributed by atoms with Crippen LogP contribution >= 0.6 is 11.3 Å². The molecule has 0 saturated carbocycles. The number of hydrogen-bond acceptors (Lipinski definition) is 4. The molecule has 1 atom stereocenters. The Morgan fingerprint density at radius 2 is 2.21 bits per heavy atom. The molecule has 2 aromatic rings. The van der Waals surface area contributed by atoms with Crippen molar-refractivity contribution in [2.45, 2.75) is 26.8 Å². The summed E-state index contributed by atoms with van der Waals surface area (Å²) in [5.41, 5.74) is 1.16. The first-order chi connectivity index (χ1) is 8.99. The van der Waals surface area contributed by atoms with Crippen LogP contribution in [0.2, 0.25) is 0 Å². The van der Waals surface area contributed by atoms with Crippen LogP contribution in [0.3, 0.4) is 0 Å². The summed E-state index contributed by atoms with van der Waals surface area (Å²) in [6.45, 7) is 6.00. The summed E-state index contributed by atoms with van der Waals surface area (Å²) < 4.78 is 0. The van der Waals surface area contributed by atoms with E-state index in [9.17, 15) is 9.90 Å². The first-order valence-electron chi connectivity index (χ1n) is 6.01. The Morgan fingerprint density at radius 1 is 1.47 bits per heavy atom. The Balaban J connectivity index is 2.15. The zero-order chi connectivity index (χ0) is 14.0. The van der Waals surface area contributed by atoms with Crippen molar-refractivity contribution in [1.29, 1.82) is 0 Å². The lowest BCUT2D eigenvalue weighted by molar-refractivity contribution is 0.0932. The van der Waals surface area contributed by atoms with E-state index < -0.39 is 0 Å². The van der Waals surface area contributed by atoms with Crippen molar-refractivity contribution in [3.63, 3.8) is 0 Å². The second kappa shape index (κ2) is 5.40. The second-order valence-corrected chi connectivity index (χ2v) is 5.90. The molecular weight excluding hydrogens is 260 g/mol. The minimum Gasteiger partial charge on any atom is -0.505 e. The summed E-state index contributed by atoms with van der Waals surface area (Å²) in [5, 5.41) is 12.5. The van der Waals surface area contributed by atoms with Crippen LogP contribution in [0.15, 0.2) is 24.4 Å². The van der Waals surface area contributed by atoms with Gasteiger partial charge >= 0.3 is 0 Å². The summed E-state index contributed by atoms with van der Waals surface area (Å²) in [7, 11) is 0. The van der Waals surface area contributed by atoms with Crippen LogP contribution in [-0.2, 0) is 0 Å². The maximum Gasteiger partial charge on any atom is 0.274 e. The fourth-order valence-electron chi connectivity index (χ4n) is 1.99. The Hall–Kier alpha value is -1.88. The number of aromatic hydroxyl groups is 1. The third-order valence-electron chi connectivity index (χ3n) is 2.89. The number of pyridine rings is 1. The van der Waals surface area contributed by atoms with E-state index in [1.165, 1.54) is 22.0 Å². The van der Waals surface area contributed by atoms with Crippen LogP contribution in [0.1, 0.15) is 38.8 Å². The lowest BCUT2D eigenvalue weighted by atomic mass is 10.1. The largest absolute Gasteiger partial charge is 0.505 e. The number of amides is 1. The molecule has 1 amide bonds. The average molecular weight is 276 g/mol. The van der Waals surface area contributed by atoms with Crippen molar-refractivity contribution >= 4 is 17.2 Å². The number of nitrogens with one attached hydrogen (secondary N) is 1. The van der Waals surface area contributed by atoms with Gasteiger partial charge < -0.3 is 10.4 Å². The fraction of sp³-hybridized carbons (Fsp3) is 0.286. The number of carbonyl (C=O) groups excluding carboxylic acids is 1. The predicted molar refractivity (Wildman–Crippen MR) is 75.6 cm³/mol. The van der Waals surface area contributed by atoms with Crippen molar-refractivity contribution in [2.75, 3.05) is 0 Å². The van der Waals surface area contributed by atoms with Gasteiger partial charge in [0.15, 0.2) is 5.69 Å². The molecule has 1 unspecified atom stereocenters.